The molecule has 0 aromatic heterocycles. The van der Waals surface area contributed by atoms with E-state index in [1.807, 2.05) is 0 Å². The van der Waals surface area contributed by atoms with Crippen LogP contribution >= 0.6 is 0 Å². The lowest BCUT2D eigenvalue weighted by atomic mass is 10.1. The van der Waals surface area contributed by atoms with Crippen LogP contribution in [0.25, 0.3) is 0 Å². The van der Waals surface area contributed by atoms with Gasteiger partial charge in [0.25, 0.3) is 0 Å². The maximum atomic E-state index is 8.61. The van der Waals surface area contributed by atoms with Gasteiger partial charge in [-0.3, -0.25) is 0 Å². The number of hydrogen-bond donors (Lipinski definition) is 1. The number of aliphatic hydroxyl groups excluding tert-OH is 1. The molecular formula is C17H30O2. The molecule has 0 amide bonds. The molecule has 0 aromatic rings. The summed E-state index contributed by atoms with van der Waals surface area (Å²) < 4.78 is 5.48. The van der Waals surface area contributed by atoms with Crippen LogP contribution in [0.3, 0.4) is 0 Å². The van der Waals surface area contributed by atoms with E-state index >= 15 is 0 Å². The number of ether oxygens (including phenoxy) is 1. The van der Waals surface area contributed by atoms with Gasteiger partial charge in [-0.2, -0.15) is 0 Å². The lowest BCUT2D eigenvalue weighted by Crippen LogP contribution is -1.91. The van der Waals surface area contributed by atoms with Gasteiger partial charge >= 0.3 is 0 Å². The van der Waals surface area contributed by atoms with Crippen molar-refractivity contribution in [2.24, 2.45) is 0 Å². The van der Waals surface area contributed by atoms with Gasteiger partial charge in [0, 0.05) is 6.42 Å². The van der Waals surface area contributed by atoms with Crippen LogP contribution in [0.15, 0.2) is 0 Å². The zero-order valence-corrected chi connectivity index (χ0v) is 12.5. The Bertz CT molecular complexity index is 264. The molecule has 1 fully saturated rings. The first-order valence-electron chi connectivity index (χ1n) is 8.13. The summed E-state index contributed by atoms with van der Waals surface area (Å²) in [7, 11) is 0. The van der Waals surface area contributed by atoms with Crippen molar-refractivity contribution in [2.45, 2.75) is 89.8 Å². The molecule has 19 heavy (non-hydrogen) atoms. The Hall–Kier alpha value is -0.520. The van der Waals surface area contributed by atoms with Gasteiger partial charge in [0.15, 0.2) is 0 Å². The third-order valence-corrected chi connectivity index (χ3v) is 3.66. The molecule has 0 saturated carbocycles. The summed E-state index contributed by atoms with van der Waals surface area (Å²) in [4.78, 5) is 0. The van der Waals surface area contributed by atoms with Crippen molar-refractivity contribution in [3.8, 4) is 11.8 Å². The van der Waals surface area contributed by atoms with Gasteiger partial charge in [-0.1, -0.05) is 76.6 Å². The van der Waals surface area contributed by atoms with Crippen LogP contribution in [0.5, 0.6) is 0 Å². The highest BCUT2D eigenvalue weighted by Crippen LogP contribution is 2.27. The Morgan fingerprint density at radius 2 is 1.58 bits per heavy atom. The molecule has 2 nitrogen and oxygen atoms in total. The largest absolute Gasteiger partial charge is 0.395 e. The molecule has 1 N–H and O–H groups in total. The van der Waals surface area contributed by atoms with E-state index in [-0.39, 0.29) is 12.7 Å². The molecule has 1 aliphatic heterocycles. The number of epoxide rings is 1. The Balaban J connectivity index is 1.79. The van der Waals surface area contributed by atoms with Gasteiger partial charge in [0.1, 0.15) is 6.10 Å². The lowest BCUT2D eigenvalue weighted by Gasteiger charge is -2.00. The summed E-state index contributed by atoms with van der Waals surface area (Å²) >= 11 is 0. The van der Waals surface area contributed by atoms with Gasteiger partial charge in [-0.05, 0) is 6.42 Å². The molecule has 0 bridgehead atoms. The second-order valence-electron chi connectivity index (χ2n) is 5.51. The fourth-order valence-electron chi connectivity index (χ4n) is 2.37. The van der Waals surface area contributed by atoms with Crippen LogP contribution in [0.1, 0.15) is 77.6 Å². The van der Waals surface area contributed by atoms with Gasteiger partial charge in [-0.15, -0.1) is 0 Å². The number of rotatable bonds is 11. The van der Waals surface area contributed by atoms with Gasteiger partial charge in [0.2, 0.25) is 0 Å². The van der Waals surface area contributed by atoms with Crippen molar-refractivity contribution in [3.05, 3.63) is 0 Å². The summed E-state index contributed by atoms with van der Waals surface area (Å²) in [6.45, 7) is 2.42. The zero-order chi connectivity index (χ0) is 13.8. The van der Waals surface area contributed by atoms with E-state index in [0.29, 0.717) is 12.5 Å². The first kappa shape index (κ1) is 16.5. The minimum Gasteiger partial charge on any atom is -0.395 e. The van der Waals surface area contributed by atoms with Crippen LogP contribution in [-0.2, 0) is 4.74 Å². The van der Waals surface area contributed by atoms with Crippen LogP contribution in [0.4, 0.5) is 0 Å². The van der Waals surface area contributed by atoms with Gasteiger partial charge in [0.05, 0.1) is 12.7 Å². The molecule has 110 valence electrons. The van der Waals surface area contributed by atoms with E-state index in [2.05, 4.69) is 18.8 Å². The molecule has 2 atom stereocenters. The van der Waals surface area contributed by atoms with Gasteiger partial charge < -0.3 is 9.84 Å². The fourth-order valence-corrected chi connectivity index (χ4v) is 2.37. The molecule has 1 rings (SSSR count). The summed E-state index contributed by atoms with van der Waals surface area (Å²) in [5.74, 6) is 5.99. The average Bonchev–Trinajstić information content (AvgIpc) is 3.16. The van der Waals surface area contributed by atoms with E-state index in [1.54, 1.807) is 0 Å². The van der Waals surface area contributed by atoms with E-state index in [0.717, 1.165) is 6.42 Å². The summed E-state index contributed by atoms with van der Waals surface area (Å²) in [5.41, 5.74) is 0. The van der Waals surface area contributed by atoms with Crippen LogP contribution in [0.2, 0.25) is 0 Å². The normalized spacial score (nSPS) is 20.9. The third-order valence-electron chi connectivity index (χ3n) is 3.66. The molecular weight excluding hydrogens is 236 g/mol. The first-order valence-corrected chi connectivity index (χ1v) is 8.13. The first-order chi connectivity index (χ1) is 9.38. The predicted octanol–water partition coefficient (Wildman–Crippen LogP) is 4.06. The second kappa shape index (κ2) is 11.3. The smallest absolute Gasteiger partial charge is 0.144 e. The summed E-state index contributed by atoms with van der Waals surface area (Å²) in [5, 5.41) is 8.61. The van der Waals surface area contributed by atoms with Crippen LogP contribution < -0.4 is 0 Å². The van der Waals surface area contributed by atoms with Crippen molar-refractivity contribution >= 4 is 0 Å². The molecule has 2 heteroatoms. The molecule has 0 unspecified atom stereocenters. The Kier molecular flexibility index (Phi) is 9.85. The molecule has 0 aromatic carbocycles. The second-order valence-corrected chi connectivity index (χ2v) is 5.51. The van der Waals surface area contributed by atoms with E-state index in [1.165, 1.54) is 57.8 Å². The predicted molar refractivity (Wildman–Crippen MR) is 80.0 cm³/mol. The van der Waals surface area contributed by atoms with Crippen molar-refractivity contribution in [2.75, 3.05) is 6.61 Å². The SMILES string of the molecule is CCCCCCCCCCC[C@H]1O[C@H]1C#CCCO. The number of hydrogen-bond acceptors (Lipinski definition) is 2. The van der Waals surface area contributed by atoms with Crippen molar-refractivity contribution in [1.29, 1.82) is 0 Å². The van der Waals surface area contributed by atoms with Crippen molar-refractivity contribution < 1.29 is 9.84 Å². The maximum Gasteiger partial charge on any atom is 0.144 e. The standard InChI is InChI=1S/C17H30O2/c1-2-3-4-5-6-7-8-9-10-13-16-17(19-16)14-11-12-15-18/h16-18H,2-10,12-13,15H2,1H3/t16-,17+/m1/s1. The Labute approximate surface area is 118 Å². The molecule has 1 heterocycles. The summed E-state index contributed by atoms with van der Waals surface area (Å²) in [6.07, 6.45) is 14.7. The molecule has 0 radical (unpaired) electrons. The number of aliphatic hydroxyl groups is 1. The third kappa shape index (κ3) is 9.08. The number of unbranched alkanes of at least 4 members (excludes halogenated alkanes) is 8. The van der Waals surface area contributed by atoms with Gasteiger partial charge in [-0.25, -0.2) is 0 Å². The minimum absolute atomic E-state index is 0.155. The fraction of sp³-hybridized carbons (Fsp3) is 0.882. The highest BCUT2D eigenvalue weighted by Gasteiger charge is 2.36. The van der Waals surface area contributed by atoms with E-state index in [9.17, 15) is 0 Å². The summed E-state index contributed by atoms with van der Waals surface area (Å²) in [6, 6.07) is 0. The monoisotopic (exact) mass is 266 g/mol. The topological polar surface area (TPSA) is 32.8 Å². The highest BCUT2D eigenvalue weighted by molar-refractivity contribution is 5.13. The zero-order valence-electron chi connectivity index (χ0n) is 12.5. The van der Waals surface area contributed by atoms with Crippen molar-refractivity contribution in [3.63, 3.8) is 0 Å². The average molecular weight is 266 g/mol. The van der Waals surface area contributed by atoms with Crippen LogP contribution in [0, 0.1) is 11.8 Å². The molecule has 1 aliphatic rings. The highest BCUT2D eigenvalue weighted by atomic mass is 16.6. The van der Waals surface area contributed by atoms with E-state index < -0.39 is 0 Å². The quantitative estimate of drug-likeness (QED) is 0.347. The van der Waals surface area contributed by atoms with Crippen molar-refractivity contribution in [1.82, 2.24) is 0 Å². The molecule has 0 spiro atoms. The minimum atomic E-state index is 0.155. The van der Waals surface area contributed by atoms with E-state index in [4.69, 9.17) is 9.84 Å². The molecule has 0 aliphatic carbocycles. The molecule has 1 saturated heterocycles. The maximum absolute atomic E-state index is 8.61. The van der Waals surface area contributed by atoms with Crippen LogP contribution in [-0.4, -0.2) is 23.9 Å². The Morgan fingerprint density at radius 3 is 2.21 bits per heavy atom. The Morgan fingerprint density at radius 1 is 0.947 bits per heavy atom. The lowest BCUT2D eigenvalue weighted by molar-refractivity contribution is 0.305.